The van der Waals surface area contributed by atoms with Gasteiger partial charge in [0.25, 0.3) is 0 Å². The minimum Gasteiger partial charge on any atom is -0.497 e. The van der Waals surface area contributed by atoms with Gasteiger partial charge in [-0.15, -0.1) is 0 Å². The van der Waals surface area contributed by atoms with E-state index in [1.807, 2.05) is 71.6 Å². The first-order valence-corrected chi connectivity index (χ1v) is 8.84. The summed E-state index contributed by atoms with van der Waals surface area (Å²) < 4.78 is 5.31. The minimum atomic E-state index is -0.211. The maximum Gasteiger partial charge on any atom is 0.248 e. The topological polar surface area (TPSA) is 49.9 Å². The van der Waals surface area contributed by atoms with Crippen LogP contribution in [0, 0.1) is 0 Å². The number of nitrogens with zero attached hydrogens (tertiary/aromatic N) is 2. The highest BCUT2D eigenvalue weighted by atomic mass is 16.5. The van der Waals surface area contributed by atoms with Gasteiger partial charge < -0.3 is 4.74 Å². The number of fused-ring (bicyclic) bond motifs is 1. The van der Waals surface area contributed by atoms with Crippen LogP contribution in [-0.2, 0) is 16.1 Å². The molecule has 0 bridgehead atoms. The van der Waals surface area contributed by atoms with E-state index in [1.54, 1.807) is 7.11 Å². The van der Waals surface area contributed by atoms with Crippen LogP contribution in [0.4, 0.5) is 5.69 Å². The zero-order valence-corrected chi connectivity index (χ0v) is 15.1. The number of ether oxygens (including phenoxy) is 1. The van der Waals surface area contributed by atoms with Crippen LogP contribution < -0.4 is 9.64 Å². The van der Waals surface area contributed by atoms with Crippen molar-refractivity contribution in [3.05, 3.63) is 72.3 Å². The predicted molar refractivity (Wildman–Crippen MR) is 105 cm³/mol. The molecular weight excluding hydrogens is 340 g/mol. The number of rotatable bonds is 4. The maximum atomic E-state index is 12.8. The van der Waals surface area contributed by atoms with Crippen molar-refractivity contribution in [2.75, 3.05) is 25.1 Å². The normalized spacial score (nSPS) is 15.4. The fraction of sp³-hybridized carbons (Fsp3) is 0.182. The molecule has 4 rings (SSSR count). The standard InChI is InChI=1S/C22H20N2O3/c1-27-18-11-10-17-8-5-9-20(19(17)12-18)24-21(25)14-23(15-22(24)26)13-16-6-3-2-4-7-16/h2-12H,13-15H2,1H3. The van der Waals surface area contributed by atoms with Crippen LogP contribution in [-0.4, -0.2) is 36.9 Å². The zero-order valence-electron chi connectivity index (χ0n) is 15.1. The molecule has 0 N–H and O–H groups in total. The lowest BCUT2D eigenvalue weighted by Gasteiger charge is -2.33. The Hall–Kier alpha value is -3.18. The molecule has 0 radical (unpaired) electrons. The Morgan fingerprint density at radius 3 is 2.33 bits per heavy atom. The van der Waals surface area contributed by atoms with Crippen LogP contribution in [0.1, 0.15) is 5.56 Å². The van der Waals surface area contributed by atoms with Crippen molar-refractivity contribution in [1.29, 1.82) is 0 Å². The summed E-state index contributed by atoms with van der Waals surface area (Å²) in [5.41, 5.74) is 1.70. The minimum absolute atomic E-state index is 0.209. The molecule has 1 aliphatic rings. The quantitative estimate of drug-likeness (QED) is 0.671. The summed E-state index contributed by atoms with van der Waals surface area (Å²) in [6, 6.07) is 21.2. The molecule has 3 aromatic carbocycles. The first kappa shape index (κ1) is 17.2. The lowest BCUT2D eigenvalue weighted by molar-refractivity contribution is -0.132. The maximum absolute atomic E-state index is 12.8. The van der Waals surface area contributed by atoms with Crippen LogP contribution >= 0.6 is 0 Å². The van der Waals surface area contributed by atoms with Crippen molar-refractivity contribution in [3.8, 4) is 5.75 Å². The first-order chi connectivity index (χ1) is 13.2. The highest BCUT2D eigenvalue weighted by molar-refractivity contribution is 6.21. The van der Waals surface area contributed by atoms with E-state index in [9.17, 15) is 9.59 Å². The number of imide groups is 1. The van der Waals surface area contributed by atoms with Gasteiger partial charge in [0.15, 0.2) is 0 Å². The number of amides is 2. The number of hydrogen-bond acceptors (Lipinski definition) is 4. The van der Waals surface area contributed by atoms with Crippen molar-refractivity contribution in [3.63, 3.8) is 0 Å². The third-order valence-electron chi connectivity index (χ3n) is 4.77. The lowest BCUT2D eigenvalue weighted by atomic mass is 10.1. The summed E-state index contributed by atoms with van der Waals surface area (Å²) in [5, 5.41) is 1.79. The third-order valence-corrected chi connectivity index (χ3v) is 4.77. The molecule has 2 amide bonds. The fourth-order valence-corrected chi connectivity index (χ4v) is 3.50. The monoisotopic (exact) mass is 360 g/mol. The van der Waals surface area contributed by atoms with Gasteiger partial charge in [-0.25, -0.2) is 4.90 Å². The summed E-state index contributed by atoms with van der Waals surface area (Å²) in [5.74, 6) is 0.271. The second-order valence-electron chi connectivity index (χ2n) is 6.62. The number of carbonyl (C=O) groups is 2. The number of benzene rings is 3. The highest BCUT2D eigenvalue weighted by Gasteiger charge is 2.33. The number of carbonyl (C=O) groups excluding carboxylic acids is 2. The molecule has 1 fully saturated rings. The molecule has 0 spiro atoms. The van der Waals surface area contributed by atoms with Crippen molar-refractivity contribution in [2.24, 2.45) is 0 Å². The molecule has 136 valence electrons. The smallest absolute Gasteiger partial charge is 0.248 e. The van der Waals surface area contributed by atoms with Gasteiger partial charge in [0.2, 0.25) is 11.8 Å². The van der Waals surface area contributed by atoms with Gasteiger partial charge in [-0.1, -0.05) is 48.5 Å². The van der Waals surface area contributed by atoms with Crippen LogP contribution in [0.15, 0.2) is 66.7 Å². The van der Waals surface area contributed by atoms with Crippen molar-refractivity contribution < 1.29 is 14.3 Å². The van der Waals surface area contributed by atoms with Crippen LogP contribution in [0.25, 0.3) is 10.8 Å². The SMILES string of the molecule is COc1ccc2cccc(N3C(=O)CN(Cc4ccccc4)CC3=O)c2c1. The molecule has 27 heavy (non-hydrogen) atoms. The molecule has 5 nitrogen and oxygen atoms in total. The second kappa shape index (κ2) is 7.21. The van der Waals surface area contributed by atoms with Crippen LogP contribution in [0.3, 0.4) is 0 Å². The van der Waals surface area contributed by atoms with E-state index >= 15 is 0 Å². The number of anilines is 1. The van der Waals surface area contributed by atoms with E-state index in [0.717, 1.165) is 16.3 Å². The van der Waals surface area contributed by atoms with Gasteiger partial charge in [0.1, 0.15) is 5.75 Å². The molecule has 3 aromatic rings. The van der Waals surface area contributed by atoms with E-state index in [-0.39, 0.29) is 24.9 Å². The molecule has 1 aliphatic heterocycles. The molecule has 0 aliphatic carbocycles. The predicted octanol–water partition coefficient (Wildman–Crippen LogP) is 3.22. The van der Waals surface area contributed by atoms with Gasteiger partial charge in [-0.3, -0.25) is 14.5 Å². The highest BCUT2D eigenvalue weighted by Crippen LogP contribution is 2.31. The van der Waals surface area contributed by atoms with E-state index in [1.165, 1.54) is 4.90 Å². The molecule has 0 atom stereocenters. The van der Waals surface area contributed by atoms with Crippen LogP contribution in [0.2, 0.25) is 0 Å². The number of hydrogen-bond donors (Lipinski definition) is 0. The largest absolute Gasteiger partial charge is 0.497 e. The lowest BCUT2D eigenvalue weighted by Crippen LogP contribution is -2.53. The molecular formula is C22H20N2O3. The molecule has 0 aromatic heterocycles. The molecule has 1 saturated heterocycles. The van der Waals surface area contributed by atoms with E-state index in [0.29, 0.717) is 18.0 Å². The third kappa shape index (κ3) is 3.41. The van der Waals surface area contributed by atoms with Gasteiger partial charge in [0.05, 0.1) is 25.9 Å². The Balaban J connectivity index is 1.63. The Labute approximate surface area is 157 Å². The van der Waals surface area contributed by atoms with E-state index in [2.05, 4.69) is 0 Å². The number of piperazine rings is 1. The van der Waals surface area contributed by atoms with Crippen molar-refractivity contribution in [1.82, 2.24) is 4.90 Å². The average molecular weight is 360 g/mol. The molecule has 1 heterocycles. The Morgan fingerprint density at radius 1 is 0.889 bits per heavy atom. The zero-order chi connectivity index (χ0) is 18.8. The molecule has 5 heteroatoms. The Kier molecular flexibility index (Phi) is 4.60. The Bertz CT molecular complexity index is 983. The summed E-state index contributed by atoms with van der Waals surface area (Å²) in [7, 11) is 1.60. The summed E-state index contributed by atoms with van der Waals surface area (Å²) in [6.07, 6.45) is 0. The second-order valence-corrected chi connectivity index (χ2v) is 6.62. The van der Waals surface area contributed by atoms with Gasteiger partial charge in [-0.05, 0) is 29.1 Å². The van der Waals surface area contributed by atoms with Crippen LogP contribution in [0.5, 0.6) is 5.75 Å². The van der Waals surface area contributed by atoms with Crippen molar-refractivity contribution in [2.45, 2.75) is 6.54 Å². The van der Waals surface area contributed by atoms with Gasteiger partial charge in [-0.2, -0.15) is 0 Å². The molecule has 0 saturated carbocycles. The first-order valence-electron chi connectivity index (χ1n) is 8.84. The van der Waals surface area contributed by atoms with Gasteiger partial charge in [0, 0.05) is 11.9 Å². The average Bonchev–Trinajstić information content (AvgIpc) is 2.68. The fourth-order valence-electron chi connectivity index (χ4n) is 3.50. The Morgan fingerprint density at radius 2 is 1.63 bits per heavy atom. The summed E-state index contributed by atoms with van der Waals surface area (Å²) in [4.78, 5) is 28.9. The van der Waals surface area contributed by atoms with Gasteiger partial charge >= 0.3 is 0 Å². The summed E-state index contributed by atoms with van der Waals surface area (Å²) >= 11 is 0. The molecule has 0 unspecified atom stereocenters. The van der Waals surface area contributed by atoms with Crippen molar-refractivity contribution >= 4 is 28.3 Å². The summed E-state index contributed by atoms with van der Waals surface area (Å²) in [6.45, 7) is 0.998. The number of methoxy groups -OCH3 is 1. The van der Waals surface area contributed by atoms with E-state index < -0.39 is 0 Å². The van der Waals surface area contributed by atoms with E-state index in [4.69, 9.17) is 4.74 Å².